The summed E-state index contributed by atoms with van der Waals surface area (Å²) >= 11 is 0. The number of rotatable bonds is 1. The van der Waals surface area contributed by atoms with E-state index in [1.165, 1.54) is 24.1 Å². The van der Waals surface area contributed by atoms with Crippen molar-refractivity contribution in [3.8, 4) is 0 Å². The van der Waals surface area contributed by atoms with Gasteiger partial charge in [0.05, 0.1) is 5.52 Å². The Bertz CT molecular complexity index is 605. The quantitative estimate of drug-likeness (QED) is 0.600. The third kappa shape index (κ3) is 1.68. The number of benzene rings is 1. The molecule has 0 fully saturated rings. The van der Waals surface area contributed by atoms with E-state index in [1.807, 2.05) is 6.07 Å². The smallest absolute Gasteiger partial charge is 0.152 e. The standard InChI is InChI=1S/C14H14N2O/c15-12-7-14-10(6-11(12)8-17)5-9-3-1-2-4-13(9)16-14/h5-8H,1-4,15H2. The number of pyridine rings is 1. The van der Waals surface area contributed by atoms with Gasteiger partial charge in [-0.1, -0.05) is 0 Å². The van der Waals surface area contributed by atoms with Crippen LogP contribution >= 0.6 is 0 Å². The number of anilines is 1. The normalized spacial score (nSPS) is 14.6. The van der Waals surface area contributed by atoms with E-state index in [4.69, 9.17) is 5.73 Å². The molecule has 0 saturated carbocycles. The van der Waals surface area contributed by atoms with Crippen LogP contribution in [-0.4, -0.2) is 11.3 Å². The Morgan fingerprint density at radius 3 is 2.82 bits per heavy atom. The summed E-state index contributed by atoms with van der Waals surface area (Å²) in [5.74, 6) is 0. The molecule has 1 aliphatic rings. The van der Waals surface area contributed by atoms with Gasteiger partial charge in [-0.3, -0.25) is 9.78 Å². The van der Waals surface area contributed by atoms with Gasteiger partial charge < -0.3 is 5.73 Å². The number of carbonyl (C=O) groups excluding carboxylic acids is 1. The Labute approximate surface area is 99.7 Å². The van der Waals surface area contributed by atoms with E-state index in [9.17, 15) is 4.79 Å². The van der Waals surface area contributed by atoms with Gasteiger partial charge in [0.1, 0.15) is 0 Å². The van der Waals surface area contributed by atoms with Crippen molar-refractivity contribution in [3.63, 3.8) is 0 Å². The number of nitrogens with zero attached hydrogens (tertiary/aromatic N) is 1. The van der Waals surface area contributed by atoms with Crippen LogP contribution in [0, 0.1) is 0 Å². The fourth-order valence-corrected chi connectivity index (χ4v) is 2.48. The Hall–Kier alpha value is -1.90. The summed E-state index contributed by atoms with van der Waals surface area (Å²) in [5.41, 5.74) is 10.3. The first-order chi connectivity index (χ1) is 8.28. The molecule has 0 unspecified atom stereocenters. The fourth-order valence-electron chi connectivity index (χ4n) is 2.48. The first-order valence-corrected chi connectivity index (χ1v) is 5.95. The highest BCUT2D eigenvalue weighted by atomic mass is 16.1. The number of aldehydes is 1. The molecule has 0 radical (unpaired) electrons. The number of fused-ring (bicyclic) bond motifs is 2. The number of carbonyl (C=O) groups is 1. The fraction of sp³-hybridized carbons (Fsp3) is 0.286. The molecule has 0 saturated heterocycles. The van der Waals surface area contributed by atoms with Gasteiger partial charge in [-0.05, 0) is 49.4 Å². The SMILES string of the molecule is Nc1cc2nc3c(cc2cc1C=O)CCCC3. The van der Waals surface area contributed by atoms with Crippen molar-refractivity contribution in [2.24, 2.45) is 0 Å². The second-order valence-electron chi connectivity index (χ2n) is 4.59. The van der Waals surface area contributed by atoms with E-state index in [0.717, 1.165) is 30.0 Å². The van der Waals surface area contributed by atoms with E-state index < -0.39 is 0 Å². The molecule has 86 valence electrons. The number of hydrogen-bond acceptors (Lipinski definition) is 3. The molecular formula is C14H14N2O. The molecule has 2 aromatic rings. The highest BCUT2D eigenvalue weighted by Crippen LogP contribution is 2.26. The molecule has 1 aliphatic carbocycles. The summed E-state index contributed by atoms with van der Waals surface area (Å²) in [7, 11) is 0. The topological polar surface area (TPSA) is 56.0 Å². The summed E-state index contributed by atoms with van der Waals surface area (Å²) in [6.07, 6.45) is 5.40. The second kappa shape index (κ2) is 3.84. The second-order valence-corrected chi connectivity index (χ2v) is 4.59. The molecule has 1 heterocycles. The van der Waals surface area contributed by atoms with Crippen molar-refractivity contribution in [1.82, 2.24) is 4.98 Å². The largest absolute Gasteiger partial charge is 0.398 e. The zero-order chi connectivity index (χ0) is 11.8. The highest BCUT2D eigenvalue weighted by Gasteiger charge is 2.12. The van der Waals surface area contributed by atoms with Crippen molar-refractivity contribution in [2.75, 3.05) is 5.73 Å². The lowest BCUT2D eigenvalue weighted by Crippen LogP contribution is -2.05. The van der Waals surface area contributed by atoms with E-state index in [-0.39, 0.29) is 0 Å². The van der Waals surface area contributed by atoms with Gasteiger partial charge in [0.15, 0.2) is 6.29 Å². The van der Waals surface area contributed by atoms with Gasteiger partial charge in [0.25, 0.3) is 0 Å². The van der Waals surface area contributed by atoms with Crippen LogP contribution in [0.15, 0.2) is 18.2 Å². The summed E-state index contributed by atoms with van der Waals surface area (Å²) in [5, 5.41) is 1.02. The summed E-state index contributed by atoms with van der Waals surface area (Å²) in [4.78, 5) is 15.5. The first kappa shape index (κ1) is 10.3. The first-order valence-electron chi connectivity index (χ1n) is 5.95. The average Bonchev–Trinajstić information content (AvgIpc) is 2.35. The van der Waals surface area contributed by atoms with E-state index in [1.54, 1.807) is 6.07 Å². The van der Waals surface area contributed by atoms with Gasteiger partial charge in [-0.25, -0.2) is 0 Å². The van der Waals surface area contributed by atoms with Crippen LogP contribution in [0.4, 0.5) is 5.69 Å². The highest BCUT2D eigenvalue weighted by molar-refractivity contribution is 5.93. The van der Waals surface area contributed by atoms with Gasteiger partial charge in [-0.2, -0.15) is 0 Å². The zero-order valence-corrected chi connectivity index (χ0v) is 9.57. The maximum Gasteiger partial charge on any atom is 0.152 e. The van der Waals surface area contributed by atoms with Crippen molar-refractivity contribution in [2.45, 2.75) is 25.7 Å². The number of nitrogen functional groups attached to an aromatic ring is 1. The van der Waals surface area contributed by atoms with Crippen LogP contribution in [-0.2, 0) is 12.8 Å². The summed E-state index contributed by atoms with van der Waals surface area (Å²) < 4.78 is 0. The minimum Gasteiger partial charge on any atom is -0.398 e. The molecule has 2 N–H and O–H groups in total. The third-order valence-electron chi connectivity index (χ3n) is 3.42. The van der Waals surface area contributed by atoms with Crippen LogP contribution in [0.2, 0.25) is 0 Å². The molecule has 0 bridgehead atoms. The molecule has 3 rings (SSSR count). The molecule has 0 amide bonds. The number of aromatic nitrogens is 1. The predicted molar refractivity (Wildman–Crippen MR) is 68.2 cm³/mol. The van der Waals surface area contributed by atoms with E-state index in [2.05, 4.69) is 11.1 Å². The Morgan fingerprint density at radius 2 is 2.00 bits per heavy atom. The maximum atomic E-state index is 10.9. The zero-order valence-electron chi connectivity index (χ0n) is 9.57. The van der Waals surface area contributed by atoms with Crippen LogP contribution in [0.5, 0.6) is 0 Å². The number of hydrogen-bond donors (Lipinski definition) is 1. The van der Waals surface area contributed by atoms with E-state index in [0.29, 0.717) is 11.3 Å². The lowest BCUT2D eigenvalue weighted by Gasteiger charge is -2.15. The Kier molecular flexibility index (Phi) is 2.32. The van der Waals surface area contributed by atoms with E-state index >= 15 is 0 Å². The molecule has 17 heavy (non-hydrogen) atoms. The number of aryl methyl sites for hydroxylation is 2. The molecule has 0 spiro atoms. The van der Waals surface area contributed by atoms with Crippen molar-refractivity contribution in [3.05, 3.63) is 35.0 Å². The van der Waals surface area contributed by atoms with Crippen LogP contribution in [0.1, 0.15) is 34.5 Å². The summed E-state index contributed by atoms with van der Waals surface area (Å²) in [6.45, 7) is 0. The minimum atomic E-state index is 0.510. The maximum absolute atomic E-state index is 10.9. The molecule has 3 nitrogen and oxygen atoms in total. The third-order valence-corrected chi connectivity index (χ3v) is 3.42. The minimum absolute atomic E-state index is 0.510. The molecule has 0 atom stereocenters. The monoisotopic (exact) mass is 226 g/mol. The Morgan fingerprint density at radius 1 is 1.18 bits per heavy atom. The lowest BCUT2D eigenvalue weighted by atomic mass is 9.94. The Balaban J connectivity index is 2.26. The average molecular weight is 226 g/mol. The van der Waals surface area contributed by atoms with Crippen molar-refractivity contribution in [1.29, 1.82) is 0 Å². The van der Waals surface area contributed by atoms with Crippen molar-refractivity contribution < 1.29 is 4.79 Å². The van der Waals surface area contributed by atoms with Crippen LogP contribution in [0.3, 0.4) is 0 Å². The molecule has 0 aliphatic heterocycles. The molecule has 1 aromatic carbocycles. The predicted octanol–water partition coefficient (Wildman–Crippen LogP) is 2.51. The van der Waals surface area contributed by atoms with Gasteiger partial charge >= 0.3 is 0 Å². The number of nitrogens with two attached hydrogens (primary N) is 1. The molecule has 3 heteroatoms. The molecule has 1 aromatic heterocycles. The lowest BCUT2D eigenvalue weighted by molar-refractivity contribution is 0.112. The summed E-state index contributed by atoms with van der Waals surface area (Å²) in [6, 6.07) is 5.79. The van der Waals surface area contributed by atoms with Gasteiger partial charge in [0.2, 0.25) is 0 Å². The van der Waals surface area contributed by atoms with Gasteiger partial charge in [0, 0.05) is 22.3 Å². The van der Waals surface area contributed by atoms with Crippen LogP contribution in [0.25, 0.3) is 10.9 Å². The van der Waals surface area contributed by atoms with Crippen molar-refractivity contribution >= 4 is 22.9 Å². The van der Waals surface area contributed by atoms with Crippen LogP contribution < -0.4 is 5.73 Å². The van der Waals surface area contributed by atoms with Gasteiger partial charge in [-0.15, -0.1) is 0 Å². The molecular weight excluding hydrogens is 212 g/mol.